The molecule has 2 aromatic carbocycles. The first kappa shape index (κ1) is 33.9. The van der Waals surface area contributed by atoms with Gasteiger partial charge in [0.25, 0.3) is 10.0 Å². The van der Waals surface area contributed by atoms with Gasteiger partial charge in [-0.05, 0) is 42.0 Å². The Balaban J connectivity index is 0.00000200. The van der Waals surface area contributed by atoms with Crippen molar-refractivity contribution in [2.45, 2.75) is 50.7 Å². The lowest BCUT2D eigenvalue weighted by Crippen LogP contribution is -3.00. The molecule has 8 rings (SSSR count). The molecular weight excluding hydrogens is 639 g/mol. The summed E-state index contributed by atoms with van der Waals surface area (Å²) in [6.45, 7) is 15.2. The van der Waals surface area contributed by atoms with Gasteiger partial charge in [0, 0.05) is 17.7 Å². The molecule has 4 saturated heterocycles. The van der Waals surface area contributed by atoms with Gasteiger partial charge in [-0.2, -0.15) is 0 Å². The Morgan fingerprint density at radius 3 is 2.22 bits per heavy atom. The number of halogens is 2. The van der Waals surface area contributed by atoms with E-state index in [0.717, 1.165) is 28.4 Å². The van der Waals surface area contributed by atoms with Crippen molar-refractivity contribution in [1.82, 2.24) is 4.90 Å². The van der Waals surface area contributed by atoms with Crippen LogP contribution in [0.4, 0.5) is 5.69 Å². The minimum atomic E-state index is -3.94. The fraction of sp³-hybridized carbons (Fsp3) is 0.562. The molecule has 0 aliphatic carbocycles. The third kappa shape index (κ3) is 4.88. The molecule has 6 aliphatic rings. The molecule has 4 atom stereocenters. The molecule has 0 saturated carbocycles. The van der Waals surface area contributed by atoms with Crippen molar-refractivity contribution in [3.63, 3.8) is 0 Å². The maximum Gasteiger partial charge on any atom is 0.352 e. The van der Waals surface area contributed by atoms with E-state index in [1.807, 2.05) is 25.1 Å². The van der Waals surface area contributed by atoms with Crippen molar-refractivity contribution in [3.8, 4) is 0 Å². The first-order valence-electron chi connectivity index (χ1n) is 15.7. The lowest BCUT2D eigenvalue weighted by Gasteiger charge is -2.55. The second-order valence-electron chi connectivity index (χ2n) is 13.6. The van der Waals surface area contributed by atoms with Gasteiger partial charge in [0.1, 0.15) is 45.0 Å². The number of benzene rings is 2. The topological polar surface area (TPSA) is 115 Å². The lowest BCUT2D eigenvalue weighted by molar-refractivity contribution is -1.08. The van der Waals surface area contributed by atoms with Crippen LogP contribution in [0, 0.1) is 11.8 Å². The molecule has 2 bridgehead atoms. The monoisotopic (exact) mass is 680 g/mol. The summed E-state index contributed by atoms with van der Waals surface area (Å²) in [5.41, 5.74) is 1.93. The van der Waals surface area contributed by atoms with E-state index >= 15 is 0 Å². The number of carbonyl (C=O) groups excluding carboxylic acids is 1. The molecule has 2 aromatic rings. The number of aliphatic hydroxyl groups excluding tert-OH is 1. The highest BCUT2D eigenvalue weighted by atomic mass is 35.5. The number of fused-ring (bicyclic) bond motifs is 4. The Morgan fingerprint density at radius 2 is 1.64 bits per heavy atom. The minimum Gasteiger partial charge on any atom is -1.00 e. The Kier molecular flexibility index (Phi) is 8.81. The summed E-state index contributed by atoms with van der Waals surface area (Å²) in [4.78, 5) is 26.7. The average Bonchev–Trinajstić information content (AvgIpc) is 3.35. The molecule has 1 amide bonds. The highest BCUT2D eigenvalue weighted by molar-refractivity contribution is 7.93. The molecule has 246 valence electrons. The molecule has 10 nitrogen and oxygen atoms in total. The number of hydrogen-bond donors (Lipinski definition) is 2. The van der Waals surface area contributed by atoms with E-state index in [-0.39, 0.29) is 42.0 Å². The molecule has 0 spiro atoms. The average molecular weight is 682 g/mol. The normalized spacial score (nSPS) is 31.4. The molecule has 45 heavy (non-hydrogen) atoms. The number of sulfonamides is 1. The van der Waals surface area contributed by atoms with Crippen LogP contribution >= 0.6 is 0 Å². The second-order valence-corrected chi connectivity index (χ2v) is 15.4. The van der Waals surface area contributed by atoms with Crippen molar-refractivity contribution < 1.29 is 62.0 Å². The zero-order valence-electron chi connectivity index (χ0n) is 26.0. The standard InChI is InChI=1S/C32H41N4O6S.2ClH/c1-4-11-35-13-16-36(17-14-35,18-15-35)12-10-22-8-9-26-28-23(22)6-5-7-25(28)33(43(26,41)42)19-24-20(2)29-27(21(3)37)31(38)34(29)30(24)32(39)40;;/h5-9,20-21,27,29,37H,4,10-19H2,1-3H3;2*1H/q+1;;/p-1/t20-,21+,27+,29+,35?,36?;;/m0../s1. The molecule has 4 fully saturated rings. The fourth-order valence-corrected chi connectivity index (χ4v) is 10.6. The second kappa shape index (κ2) is 11.7. The van der Waals surface area contributed by atoms with Crippen LogP contribution < -0.4 is 29.1 Å². The molecule has 13 heteroatoms. The summed E-state index contributed by atoms with van der Waals surface area (Å²) in [5, 5.41) is 21.9. The smallest absolute Gasteiger partial charge is 0.352 e. The van der Waals surface area contributed by atoms with Crippen LogP contribution in [0.3, 0.4) is 0 Å². The van der Waals surface area contributed by atoms with E-state index in [4.69, 9.17) is 0 Å². The molecule has 2 N–H and O–H groups in total. The Morgan fingerprint density at radius 1 is 1.02 bits per heavy atom. The zero-order chi connectivity index (χ0) is 30.5. The third-order valence-corrected chi connectivity index (χ3v) is 13.2. The van der Waals surface area contributed by atoms with Crippen molar-refractivity contribution in [2.75, 3.05) is 63.2 Å². The largest absolute Gasteiger partial charge is 1.00 e. The maximum atomic E-state index is 14.0. The maximum absolute atomic E-state index is 14.0. The van der Waals surface area contributed by atoms with Gasteiger partial charge in [0.05, 0.1) is 48.3 Å². The van der Waals surface area contributed by atoms with Gasteiger partial charge in [-0.3, -0.25) is 9.10 Å². The molecule has 0 aromatic heterocycles. The third-order valence-electron chi connectivity index (χ3n) is 11.4. The number of carboxylic acid groups (broad SMARTS) is 1. The number of rotatable bonds is 9. The van der Waals surface area contributed by atoms with Crippen molar-refractivity contribution >= 4 is 38.4 Å². The summed E-state index contributed by atoms with van der Waals surface area (Å²) in [5.74, 6) is -2.80. The van der Waals surface area contributed by atoms with Gasteiger partial charge in [0.2, 0.25) is 5.91 Å². The highest BCUT2D eigenvalue weighted by Crippen LogP contribution is 2.50. The van der Waals surface area contributed by atoms with Gasteiger partial charge in [-0.25, -0.2) is 13.2 Å². The number of hydrogen-bond acceptors (Lipinski definition) is 5. The predicted molar refractivity (Wildman–Crippen MR) is 162 cm³/mol. The van der Waals surface area contributed by atoms with E-state index in [9.17, 15) is 28.2 Å². The summed E-state index contributed by atoms with van der Waals surface area (Å²) in [7, 11) is -3.94. The summed E-state index contributed by atoms with van der Waals surface area (Å²) in [6.07, 6.45) is 1.18. The Hall–Kier alpha value is -2.41. The van der Waals surface area contributed by atoms with Gasteiger partial charge in [-0.15, -0.1) is 0 Å². The van der Waals surface area contributed by atoms with Crippen molar-refractivity contribution in [2.24, 2.45) is 11.8 Å². The van der Waals surface area contributed by atoms with Crippen LogP contribution in [0.25, 0.3) is 10.8 Å². The number of carboxylic acids is 1. The quantitative estimate of drug-likeness (QED) is 0.207. The van der Waals surface area contributed by atoms with Crippen LogP contribution in [0.15, 0.2) is 46.5 Å². The van der Waals surface area contributed by atoms with Gasteiger partial charge in [0.15, 0.2) is 0 Å². The first-order chi connectivity index (χ1) is 20.4. The zero-order valence-corrected chi connectivity index (χ0v) is 28.3. The Labute approximate surface area is 277 Å². The SMILES string of the molecule is CCC[N+]12CC[N+](CCc3ccc4c5c(cccc35)N(CC3=C(C(=O)O)N5C(=O)[C@H]([C@@H](C)O)[C@H]5[C@H]3C)S4(=O)=O)(CC1)CC2.[Cl-].[Cl-]. The van der Waals surface area contributed by atoms with Crippen LogP contribution in [0.1, 0.15) is 32.8 Å². The molecule has 0 unspecified atom stereocenters. The van der Waals surface area contributed by atoms with E-state index in [0.29, 0.717) is 16.6 Å². The summed E-state index contributed by atoms with van der Waals surface area (Å²) >= 11 is 0. The number of carbonyl (C=O) groups is 2. The summed E-state index contributed by atoms with van der Waals surface area (Å²) < 4.78 is 31.7. The highest BCUT2D eigenvalue weighted by Gasteiger charge is 2.60. The minimum absolute atomic E-state index is 0. The lowest BCUT2D eigenvalue weighted by atomic mass is 9.78. The number of anilines is 1. The first-order valence-corrected chi connectivity index (χ1v) is 17.1. The van der Waals surface area contributed by atoms with E-state index < -0.39 is 45.9 Å². The van der Waals surface area contributed by atoms with Crippen LogP contribution in [-0.4, -0.2) is 115 Å². The number of piperazine rings is 3. The van der Waals surface area contributed by atoms with E-state index in [2.05, 4.69) is 6.92 Å². The van der Waals surface area contributed by atoms with Crippen LogP contribution in [0.2, 0.25) is 0 Å². The Bertz CT molecular complexity index is 1670. The number of aliphatic carboxylic acids is 1. The summed E-state index contributed by atoms with van der Waals surface area (Å²) in [6, 6.07) is 8.87. The molecule has 0 radical (unpaired) electrons. The van der Waals surface area contributed by atoms with E-state index in [1.54, 1.807) is 12.1 Å². The van der Waals surface area contributed by atoms with Gasteiger partial charge < -0.3 is 48.9 Å². The molecule has 6 aliphatic heterocycles. The van der Waals surface area contributed by atoms with Crippen molar-refractivity contribution in [3.05, 3.63) is 47.2 Å². The number of amides is 1. The van der Waals surface area contributed by atoms with Crippen molar-refractivity contribution in [1.29, 1.82) is 0 Å². The van der Waals surface area contributed by atoms with Crippen LogP contribution in [-0.2, 0) is 26.0 Å². The predicted octanol–water partition coefficient (Wildman–Crippen LogP) is -3.83. The molecule has 6 heterocycles. The number of β-lactam (4-membered cyclic amide) rings is 1. The van der Waals surface area contributed by atoms with Gasteiger partial charge >= 0.3 is 5.97 Å². The number of aliphatic hydroxyl groups is 1. The number of quaternary nitrogens is 2. The number of nitrogens with zero attached hydrogens (tertiary/aromatic N) is 4. The fourth-order valence-electron chi connectivity index (χ4n) is 8.93. The van der Waals surface area contributed by atoms with E-state index in [1.165, 1.54) is 72.8 Å². The van der Waals surface area contributed by atoms with Gasteiger partial charge in [-0.1, -0.05) is 32.0 Å². The molecular formula is C32H42Cl2N4O6S. The van der Waals surface area contributed by atoms with Crippen LogP contribution in [0.5, 0.6) is 0 Å².